The van der Waals surface area contributed by atoms with Gasteiger partial charge in [0.05, 0.1) is 18.4 Å². The van der Waals surface area contributed by atoms with Gasteiger partial charge < -0.3 is 9.47 Å². The van der Waals surface area contributed by atoms with Crippen molar-refractivity contribution in [3.8, 4) is 0 Å². The third-order valence-corrected chi connectivity index (χ3v) is 5.32. The first-order valence-electron chi connectivity index (χ1n) is 9.12. The molecule has 0 aromatic carbocycles. The summed E-state index contributed by atoms with van der Waals surface area (Å²) in [5.74, 6) is 0. The average Bonchev–Trinajstić information content (AvgIpc) is 3.11. The molecule has 5 heteroatoms. The Hall–Kier alpha value is -0.910. The first-order valence-corrected chi connectivity index (χ1v) is 9.12. The normalized spacial score (nSPS) is 28.8. The van der Waals surface area contributed by atoms with E-state index in [1.54, 1.807) is 0 Å². The smallest absolute Gasteiger partial charge is 0.107 e. The van der Waals surface area contributed by atoms with Crippen LogP contribution >= 0.6 is 0 Å². The molecule has 130 valence electrons. The number of nitrogens with zero attached hydrogens (tertiary/aromatic N) is 3. The van der Waals surface area contributed by atoms with Gasteiger partial charge in [0, 0.05) is 51.0 Å². The molecule has 0 aliphatic carbocycles. The number of aryl methyl sites for hydroxylation is 2. The Morgan fingerprint density at radius 2 is 2.09 bits per heavy atom. The summed E-state index contributed by atoms with van der Waals surface area (Å²) in [4.78, 5) is 2.57. The van der Waals surface area contributed by atoms with Gasteiger partial charge in [0.15, 0.2) is 0 Å². The first-order chi connectivity index (χ1) is 11.1. The van der Waals surface area contributed by atoms with Gasteiger partial charge in [-0.25, -0.2) is 0 Å². The van der Waals surface area contributed by atoms with E-state index in [1.165, 1.54) is 17.0 Å². The van der Waals surface area contributed by atoms with Crippen LogP contribution in [-0.4, -0.2) is 52.7 Å². The van der Waals surface area contributed by atoms with Crippen LogP contribution in [0.2, 0.25) is 0 Å². The van der Waals surface area contributed by atoms with Crippen LogP contribution in [0.4, 0.5) is 0 Å². The van der Waals surface area contributed by atoms with Crippen LogP contribution in [0.25, 0.3) is 0 Å². The molecular formula is C18H31N3O2. The number of morpholine rings is 1. The zero-order valence-electron chi connectivity index (χ0n) is 15.1. The van der Waals surface area contributed by atoms with E-state index in [0.717, 1.165) is 58.5 Å². The van der Waals surface area contributed by atoms with Crippen LogP contribution in [0.1, 0.15) is 50.6 Å². The lowest BCUT2D eigenvalue weighted by Crippen LogP contribution is -2.55. The van der Waals surface area contributed by atoms with Crippen molar-refractivity contribution in [2.24, 2.45) is 7.05 Å². The lowest BCUT2D eigenvalue weighted by molar-refractivity contribution is -0.156. The lowest BCUT2D eigenvalue weighted by Gasteiger charge is -2.43. The zero-order chi connectivity index (χ0) is 16.4. The number of aromatic nitrogens is 2. The van der Waals surface area contributed by atoms with Gasteiger partial charge in [0.2, 0.25) is 0 Å². The van der Waals surface area contributed by atoms with Gasteiger partial charge in [0.25, 0.3) is 0 Å². The highest BCUT2D eigenvalue weighted by Gasteiger charge is 2.43. The summed E-state index contributed by atoms with van der Waals surface area (Å²) in [6, 6.07) is 0. The molecule has 0 radical (unpaired) electrons. The second kappa shape index (κ2) is 6.91. The maximum Gasteiger partial charge on any atom is 0.107 e. The molecule has 1 aromatic rings. The van der Waals surface area contributed by atoms with E-state index in [0.29, 0.717) is 6.10 Å². The van der Waals surface area contributed by atoms with Crippen molar-refractivity contribution in [3.63, 3.8) is 0 Å². The summed E-state index contributed by atoms with van der Waals surface area (Å²) < 4.78 is 14.1. The van der Waals surface area contributed by atoms with Crippen molar-refractivity contribution < 1.29 is 9.47 Å². The lowest BCUT2D eigenvalue weighted by atomic mass is 9.97. The van der Waals surface area contributed by atoms with Gasteiger partial charge in [-0.2, -0.15) is 5.10 Å². The molecule has 3 rings (SSSR count). The summed E-state index contributed by atoms with van der Waals surface area (Å²) >= 11 is 0. The fraction of sp³-hybridized carbons (Fsp3) is 0.833. The van der Waals surface area contributed by atoms with Gasteiger partial charge in [-0.15, -0.1) is 0 Å². The summed E-state index contributed by atoms with van der Waals surface area (Å²) in [5.41, 5.74) is 3.97. The molecule has 2 saturated heterocycles. The quantitative estimate of drug-likeness (QED) is 0.834. The second-order valence-corrected chi connectivity index (χ2v) is 7.01. The van der Waals surface area contributed by atoms with Crippen molar-refractivity contribution in [1.29, 1.82) is 0 Å². The van der Waals surface area contributed by atoms with E-state index in [-0.39, 0.29) is 5.60 Å². The Morgan fingerprint density at radius 1 is 1.26 bits per heavy atom. The molecule has 3 heterocycles. The van der Waals surface area contributed by atoms with Crippen molar-refractivity contribution in [3.05, 3.63) is 17.0 Å². The Morgan fingerprint density at radius 3 is 2.70 bits per heavy atom. The zero-order valence-corrected chi connectivity index (χ0v) is 15.1. The molecule has 0 amide bonds. The Kier molecular flexibility index (Phi) is 5.09. The fourth-order valence-corrected chi connectivity index (χ4v) is 4.12. The van der Waals surface area contributed by atoms with Crippen molar-refractivity contribution in [2.75, 3.05) is 26.3 Å². The van der Waals surface area contributed by atoms with Crippen LogP contribution in [0.15, 0.2) is 0 Å². The van der Waals surface area contributed by atoms with E-state index in [9.17, 15) is 0 Å². The van der Waals surface area contributed by atoms with E-state index >= 15 is 0 Å². The summed E-state index contributed by atoms with van der Waals surface area (Å²) in [5, 5.41) is 4.73. The molecular weight excluding hydrogens is 290 g/mol. The third kappa shape index (κ3) is 3.32. The minimum Gasteiger partial charge on any atom is -0.378 e. The van der Waals surface area contributed by atoms with Gasteiger partial charge in [-0.1, -0.05) is 20.8 Å². The maximum atomic E-state index is 6.38. The SMILES string of the molecule is CCc1nn(C)c(CC)c1CN1CC(CC)OC2(CCOC2)C1. The molecule has 2 aliphatic rings. The van der Waals surface area contributed by atoms with E-state index < -0.39 is 0 Å². The number of ether oxygens (including phenoxy) is 2. The molecule has 0 N–H and O–H groups in total. The number of hydrogen-bond donors (Lipinski definition) is 0. The molecule has 23 heavy (non-hydrogen) atoms. The summed E-state index contributed by atoms with van der Waals surface area (Å²) in [7, 11) is 2.07. The molecule has 5 nitrogen and oxygen atoms in total. The first kappa shape index (κ1) is 16.9. The topological polar surface area (TPSA) is 39.5 Å². The molecule has 2 atom stereocenters. The van der Waals surface area contributed by atoms with Gasteiger partial charge in [-0.05, 0) is 19.3 Å². The van der Waals surface area contributed by atoms with Crippen LogP contribution in [0.3, 0.4) is 0 Å². The van der Waals surface area contributed by atoms with Gasteiger partial charge in [0.1, 0.15) is 5.60 Å². The maximum absolute atomic E-state index is 6.38. The number of rotatable bonds is 5. The highest BCUT2D eigenvalue weighted by Crippen LogP contribution is 2.32. The van der Waals surface area contributed by atoms with Crippen LogP contribution in [0, 0.1) is 0 Å². The van der Waals surface area contributed by atoms with E-state index in [4.69, 9.17) is 14.6 Å². The Balaban J connectivity index is 1.81. The Bertz CT molecular complexity index is 535. The molecule has 1 spiro atoms. The minimum absolute atomic E-state index is 0.0834. The van der Waals surface area contributed by atoms with Crippen LogP contribution < -0.4 is 0 Å². The van der Waals surface area contributed by atoms with Crippen LogP contribution in [0.5, 0.6) is 0 Å². The van der Waals surface area contributed by atoms with Crippen LogP contribution in [-0.2, 0) is 35.9 Å². The summed E-state index contributed by atoms with van der Waals surface area (Å²) in [6.07, 6.45) is 4.44. The third-order valence-electron chi connectivity index (χ3n) is 5.32. The standard InChI is InChI=1S/C18H31N3O2/c1-5-14-10-21(12-18(23-14)8-9-22-13-18)11-15-16(6-2)19-20(4)17(15)7-3/h14H,5-13H2,1-4H3. The molecule has 2 fully saturated rings. The monoisotopic (exact) mass is 321 g/mol. The molecule has 1 aromatic heterocycles. The highest BCUT2D eigenvalue weighted by molar-refractivity contribution is 5.27. The molecule has 0 bridgehead atoms. The average molecular weight is 321 g/mol. The predicted octanol–water partition coefficient (Wildman–Crippen LogP) is 2.31. The number of hydrogen-bond acceptors (Lipinski definition) is 4. The van der Waals surface area contributed by atoms with Gasteiger partial charge in [-0.3, -0.25) is 9.58 Å². The van der Waals surface area contributed by atoms with E-state index in [1.807, 2.05) is 0 Å². The minimum atomic E-state index is -0.0834. The highest BCUT2D eigenvalue weighted by atomic mass is 16.6. The van der Waals surface area contributed by atoms with E-state index in [2.05, 4.69) is 37.4 Å². The second-order valence-electron chi connectivity index (χ2n) is 7.01. The Labute approximate surface area is 139 Å². The van der Waals surface area contributed by atoms with Crippen molar-refractivity contribution in [1.82, 2.24) is 14.7 Å². The largest absolute Gasteiger partial charge is 0.378 e. The molecule has 2 aliphatic heterocycles. The molecule has 2 unspecified atom stereocenters. The summed E-state index contributed by atoms with van der Waals surface area (Å²) in [6.45, 7) is 11.2. The predicted molar refractivity (Wildman–Crippen MR) is 90.6 cm³/mol. The van der Waals surface area contributed by atoms with Crippen molar-refractivity contribution >= 4 is 0 Å². The molecule has 0 saturated carbocycles. The van der Waals surface area contributed by atoms with Gasteiger partial charge >= 0.3 is 0 Å². The fourth-order valence-electron chi connectivity index (χ4n) is 4.12. The van der Waals surface area contributed by atoms with Crippen molar-refractivity contribution in [2.45, 2.75) is 64.7 Å².